The number of rotatable bonds is 0. The summed E-state index contributed by atoms with van der Waals surface area (Å²) in [6.45, 7) is 8.00. The molecule has 0 heterocycles. The van der Waals surface area contributed by atoms with Crippen molar-refractivity contribution in [1.29, 1.82) is 0 Å². The van der Waals surface area contributed by atoms with Gasteiger partial charge < -0.3 is 7.58 Å². The van der Waals surface area contributed by atoms with Crippen LogP contribution in [0.4, 0.5) is 0 Å². The zero-order valence-corrected chi connectivity index (χ0v) is 5.77. The molecule has 0 aliphatic rings. The molecule has 0 radical (unpaired) electrons. The second-order valence-corrected chi connectivity index (χ2v) is 0. The van der Waals surface area contributed by atoms with Gasteiger partial charge in [0.2, 0.25) is 0 Å². The molecule has 86 valence electrons. The van der Waals surface area contributed by atoms with Gasteiger partial charge in [-0.1, -0.05) is 64.8 Å². The molecule has 0 bridgehead atoms. The molecule has 11 heavy (non-hydrogen) atoms. The van der Waals surface area contributed by atoms with Crippen molar-refractivity contribution in [2.75, 3.05) is 0 Å². The Morgan fingerprint density at radius 1 is 0.545 bits per heavy atom. The minimum Gasteiger partial charge on any atom is -1.00 e. The van der Waals surface area contributed by atoms with E-state index in [9.17, 15) is 0 Å². The van der Waals surface area contributed by atoms with E-state index in [4.69, 9.17) is 0 Å². The third-order valence-electron chi connectivity index (χ3n) is 0. The Kier molecular flexibility index (Phi) is 10600. The summed E-state index contributed by atoms with van der Waals surface area (Å²) in [6, 6.07) is 0. The van der Waals surface area contributed by atoms with Gasteiger partial charge >= 0.3 is 0 Å². The van der Waals surface area contributed by atoms with Crippen molar-refractivity contribution >= 4 is 0 Å². The SMILES string of the molecule is C.C.C.C.C.CC.CC.N.[Ar].[H-]. The van der Waals surface area contributed by atoms with Crippen LogP contribution >= 0.6 is 0 Å². The molecule has 1 nitrogen and oxygen atoms in total. The number of hydrogen-bond donors (Lipinski definition) is 1. The summed E-state index contributed by atoms with van der Waals surface area (Å²) in [6.07, 6.45) is 0. The first kappa shape index (κ1) is 148. The van der Waals surface area contributed by atoms with Gasteiger partial charge in [-0.05, 0) is 0 Å². The Hall–Kier alpha value is 1.22. The third kappa shape index (κ3) is 641. The van der Waals surface area contributed by atoms with E-state index in [2.05, 4.69) is 0 Å². The topological polar surface area (TPSA) is 35.0 Å². The molecule has 0 rings (SSSR count). The summed E-state index contributed by atoms with van der Waals surface area (Å²) in [4.78, 5) is 0. The van der Waals surface area contributed by atoms with Crippen molar-refractivity contribution in [3.05, 3.63) is 0 Å². The van der Waals surface area contributed by atoms with E-state index < -0.39 is 0 Å². The van der Waals surface area contributed by atoms with Crippen LogP contribution in [-0.4, -0.2) is 0 Å². The Morgan fingerprint density at radius 2 is 0.545 bits per heavy atom. The summed E-state index contributed by atoms with van der Waals surface area (Å²) < 4.78 is 0. The van der Waals surface area contributed by atoms with Gasteiger partial charge in [0.25, 0.3) is 0 Å². The largest absolute Gasteiger partial charge is 1.00 e. The van der Waals surface area contributed by atoms with E-state index in [1.54, 1.807) is 0 Å². The van der Waals surface area contributed by atoms with Crippen LogP contribution in [0.25, 0.3) is 0 Å². The Bertz CT molecular complexity index is 14.5. The van der Waals surface area contributed by atoms with Crippen LogP contribution in [-0.2, 0) is 0 Å². The van der Waals surface area contributed by atoms with Crippen LogP contribution in [0.5, 0.6) is 0 Å². The van der Waals surface area contributed by atoms with Crippen molar-refractivity contribution < 1.29 is 39.2 Å². The molecular weight excluding hydrogens is 162 g/mol. The van der Waals surface area contributed by atoms with E-state index in [1.807, 2.05) is 27.7 Å². The van der Waals surface area contributed by atoms with Crippen molar-refractivity contribution in [3.63, 3.8) is 0 Å². The summed E-state index contributed by atoms with van der Waals surface area (Å²) in [5, 5.41) is 0. The van der Waals surface area contributed by atoms with Crippen molar-refractivity contribution in [2.45, 2.75) is 64.8 Å². The minimum atomic E-state index is 0. The maximum Gasteiger partial charge on any atom is 0 e. The third-order valence-corrected chi connectivity index (χ3v) is 0. The van der Waals surface area contributed by atoms with Gasteiger partial charge in [-0.25, -0.2) is 0 Å². The molecule has 0 saturated heterocycles. The second-order valence-electron chi connectivity index (χ2n) is 0. The maximum absolute atomic E-state index is 2.00. The molecule has 0 amide bonds. The first-order chi connectivity index (χ1) is 2.00. The predicted molar refractivity (Wildman–Crippen MR) is 62.5 cm³/mol. The first-order valence-electron chi connectivity index (χ1n) is 2.00. The van der Waals surface area contributed by atoms with Gasteiger partial charge in [0.05, 0.1) is 0 Å². The van der Waals surface area contributed by atoms with Crippen molar-refractivity contribution in [3.8, 4) is 0 Å². The quantitative estimate of drug-likeness (QED) is 0.547. The molecule has 0 aromatic carbocycles. The molecule has 0 fully saturated rings. The van der Waals surface area contributed by atoms with Gasteiger partial charge in [0.1, 0.15) is 0 Å². The molecule has 0 aromatic rings. The molecule has 0 spiro atoms. The normalized spacial score (nSPS) is 1.09. The first-order valence-corrected chi connectivity index (χ1v) is 2.00. The van der Waals surface area contributed by atoms with Gasteiger partial charge in [0.15, 0.2) is 0 Å². The smallest absolute Gasteiger partial charge is 0 e. The summed E-state index contributed by atoms with van der Waals surface area (Å²) in [7, 11) is 0. The maximum atomic E-state index is 2.00. The van der Waals surface area contributed by atoms with Crippen molar-refractivity contribution in [2.24, 2.45) is 0 Å². The molecule has 0 aliphatic carbocycles. The van der Waals surface area contributed by atoms with Crippen molar-refractivity contribution in [1.82, 2.24) is 6.15 Å². The van der Waals surface area contributed by atoms with Crippen LogP contribution in [0.3, 0.4) is 0 Å². The number of hydrogen-bond acceptors (Lipinski definition) is 1. The van der Waals surface area contributed by atoms with Crippen LogP contribution < -0.4 is 6.15 Å². The fraction of sp³-hybridized carbons (Fsp3) is 1.00. The average Bonchev–Trinajstić information content (AvgIpc) is 1.50. The Labute approximate surface area is 109 Å². The minimum absolute atomic E-state index is 0. The fourth-order valence-corrected chi connectivity index (χ4v) is 0. The van der Waals surface area contributed by atoms with Gasteiger partial charge in [-0.2, -0.15) is 0 Å². The molecule has 0 saturated carbocycles. The molecule has 3 N–H and O–H groups in total. The van der Waals surface area contributed by atoms with E-state index in [0.717, 1.165) is 0 Å². The zero-order valence-electron chi connectivity index (χ0n) is 6.06. The van der Waals surface area contributed by atoms with Gasteiger partial charge in [-0.15, -0.1) is 0 Å². The van der Waals surface area contributed by atoms with Gasteiger partial charge in [0, 0.05) is 37.7 Å². The summed E-state index contributed by atoms with van der Waals surface area (Å²) >= 11 is 0. The average molecular weight is 198 g/mol. The van der Waals surface area contributed by atoms with Crippen LogP contribution in [0.1, 0.15) is 66.3 Å². The fourth-order valence-electron chi connectivity index (χ4n) is 0. The van der Waals surface area contributed by atoms with Crippen LogP contribution in [0, 0.1) is 37.7 Å². The molecule has 0 aromatic heterocycles. The van der Waals surface area contributed by atoms with E-state index in [1.165, 1.54) is 0 Å². The molecule has 0 unspecified atom stereocenters. The standard InChI is InChI=1S/2C2H6.5CH4.Ar.H3N.H/c2*1-2;;;;;;;;/h2*1-2H3;5*1H4;;1H3;/q;;;;;;;;;-1. The molecule has 2 heteroatoms. The summed E-state index contributed by atoms with van der Waals surface area (Å²) in [5.41, 5.74) is 0. The van der Waals surface area contributed by atoms with Crippen LogP contribution in [0.15, 0.2) is 0 Å². The second kappa shape index (κ2) is 788. The Morgan fingerprint density at radius 3 is 0.545 bits per heavy atom. The van der Waals surface area contributed by atoms with E-state index >= 15 is 0 Å². The molecule has 0 atom stereocenters. The van der Waals surface area contributed by atoms with E-state index in [0.29, 0.717) is 0 Å². The summed E-state index contributed by atoms with van der Waals surface area (Å²) in [5.74, 6) is 0. The van der Waals surface area contributed by atoms with Crippen LogP contribution in [0.2, 0.25) is 0 Å². The van der Waals surface area contributed by atoms with Gasteiger partial charge in [-0.3, -0.25) is 0 Å². The van der Waals surface area contributed by atoms with E-state index in [-0.39, 0.29) is 82.4 Å². The molecule has 0 aliphatic heterocycles. The zero-order chi connectivity index (χ0) is 4.00. The Balaban J connectivity index is -0.000000000500. The monoisotopic (exact) mass is 198 g/mol. The predicted octanol–water partition coefficient (Wildman–Crippen LogP) is 5.51. The molecular formula is C9H36ArN-.